The van der Waals surface area contributed by atoms with Crippen molar-refractivity contribution in [1.82, 2.24) is 9.97 Å². The lowest BCUT2D eigenvalue weighted by atomic mass is 10.0. The van der Waals surface area contributed by atoms with Gasteiger partial charge in [-0.25, -0.2) is 9.97 Å². The SMILES string of the molecule is CCC(C)SCc1nc(Cl)c(C2CCCC2)c(Cl)n1. The van der Waals surface area contributed by atoms with Crippen LogP contribution in [0.15, 0.2) is 0 Å². The number of hydrogen-bond donors (Lipinski definition) is 0. The molecule has 1 saturated carbocycles. The van der Waals surface area contributed by atoms with Crippen molar-refractivity contribution in [2.75, 3.05) is 0 Å². The van der Waals surface area contributed by atoms with Crippen LogP contribution in [0, 0.1) is 0 Å². The predicted octanol–water partition coefficient (Wildman–Crippen LogP) is 5.47. The van der Waals surface area contributed by atoms with Crippen LogP contribution in [0.4, 0.5) is 0 Å². The van der Waals surface area contributed by atoms with Crippen molar-refractivity contribution >= 4 is 35.0 Å². The molecule has 5 heteroatoms. The molecule has 0 N–H and O–H groups in total. The molecule has 1 aliphatic carbocycles. The summed E-state index contributed by atoms with van der Waals surface area (Å²) < 4.78 is 0. The summed E-state index contributed by atoms with van der Waals surface area (Å²) in [5, 5.41) is 1.73. The number of halogens is 2. The topological polar surface area (TPSA) is 25.8 Å². The van der Waals surface area contributed by atoms with Crippen molar-refractivity contribution in [3.63, 3.8) is 0 Å². The standard InChI is InChI=1S/C14H20Cl2N2S/c1-3-9(2)19-8-11-17-13(15)12(14(16)18-11)10-6-4-5-7-10/h9-10H,3-8H2,1-2H3. The van der Waals surface area contributed by atoms with Crippen LogP contribution >= 0.6 is 35.0 Å². The predicted molar refractivity (Wildman–Crippen MR) is 84.3 cm³/mol. The van der Waals surface area contributed by atoms with Crippen molar-refractivity contribution < 1.29 is 0 Å². The van der Waals surface area contributed by atoms with Gasteiger partial charge in [-0.1, -0.05) is 49.9 Å². The number of nitrogens with zero attached hydrogens (tertiary/aromatic N) is 2. The van der Waals surface area contributed by atoms with Gasteiger partial charge >= 0.3 is 0 Å². The van der Waals surface area contributed by atoms with E-state index in [4.69, 9.17) is 23.2 Å². The maximum atomic E-state index is 6.32. The number of hydrogen-bond acceptors (Lipinski definition) is 3. The molecule has 1 heterocycles. The quantitative estimate of drug-likeness (QED) is 0.673. The summed E-state index contributed by atoms with van der Waals surface area (Å²) in [6, 6.07) is 0. The van der Waals surface area contributed by atoms with Crippen molar-refractivity contribution in [2.24, 2.45) is 0 Å². The van der Waals surface area contributed by atoms with E-state index in [1.165, 1.54) is 12.8 Å². The summed E-state index contributed by atoms with van der Waals surface area (Å²) in [6.45, 7) is 4.39. The van der Waals surface area contributed by atoms with Gasteiger partial charge in [0.1, 0.15) is 16.1 Å². The molecule has 0 aromatic carbocycles. The molecule has 1 atom stereocenters. The van der Waals surface area contributed by atoms with Gasteiger partial charge in [-0.05, 0) is 25.2 Å². The van der Waals surface area contributed by atoms with E-state index >= 15 is 0 Å². The molecule has 2 nitrogen and oxygen atoms in total. The summed E-state index contributed by atoms with van der Waals surface area (Å²) in [4.78, 5) is 8.87. The third-order valence-corrected chi connectivity index (χ3v) is 5.64. The fraction of sp³-hybridized carbons (Fsp3) is 0.714. The number of aromatic nitrogens is 2. The molecule has 1 aromatic heterocycles. The summed E-state index contributed by atoms with van der Waals surface area (Å²) in [6.07, 6.45) is 5.96. The zero-order valence-electron chi connectivity index (χ0n) is 11.5. The Morgan fingerprint density at radius 1 is 1.21 bits per heavy atom. The average molecular weight is 319 g/mol. The first-order valence-electron chi connectivity index (χ1n) is 6.95. The van der Waals surface area contributed by atoms with Crippen molar-refractivity contribution in [2.45, 2.75) is 62.9 Å². The second-order valence-corrected chi connectivity index (χ2v) is 7.29. The molecule has 1 aromatic rings. The molecule has 0 amide bonds. The van der Waals surface area contributed by atoms with Gasteiger partial charge in [0.25, 0.3) is 0 Å². The van der Waals surface area contributed by atoms with Gasteiger partial charge in [-0.15, -0.1) is 0 Å². The zero-order valence-corrected chi connectivity index (χ0v) is 13.8. The van der Waals surface area contributed by atoms with E-state index < -0.39 is 0 Å². The van der Waals surface area contributed by atoms with Crippen LogP contribution in [0.5, 0.6) is 0 Å². The highest BCUT2D eigenvalue weighted by atomic mass is 35.5. The Morgan fingerprint density at radius 3 is 2.32 bits per heavy atom. The molecule has 0 radical (unpaired) electrons. The molecule has 0 saturated heterocycles. The smallest absolute Gasteiger partial charge is 0.141 e. The van der Waals surface area contributed by atoms with Gasteiger partial charge in [-0.2, -0.15) is 11.8 Å². The normalized spacial score (nSPS) is 17.9. The molecule has 1 aliphatic rings. The molecule has 1 unspecified atom stereocenters. The monoisotopic (exact) mass is 318 g/mol. The Bertz CT molecular complexity index is 410. The summed E-state index contributed by atoms with van der Waals surface area (Å²) in [5.41, 5.74) is 0.970. The first-order chi connectivity index (χ1) is 9.11. The Kier molecular flexibility index (Phi) is 5.79. The van der Waals surface area contributed by atoms with Crippen molar-refractivity contribution in [3.05, 3.63) is 21.7 Å². The third kappa shape index (κ3) is 3.99. The first-order valence-corrected chi connectivity index (χ1v) is 8.75. The highest BCUT2D eigenvalue weighted by Crippen LogP contribution is 2.40. The molecule has 1 fully saturated rings. The van der Waals surface area contributed by atoms with Crippen LogP contribution in [0.2, 0.25) is 10.3 Å². The fourth-order valence-corrected chi connectivity index (χ4v) is 3.94. The molecule has 0 spiro atoms. The number of rotatable bonds is 5. The second kappa shape index (κ2) is 7.14. The lowest BCUT2D eigenvalue weighted by molar-refractivity contribution is 0.712. The number of thioether (sulfide) groups is 1. The highest BCUT2D eigenvalue weighted by Gasteiger charge is 2.24. The largest absolute Gasteiger partial charge is 0.220 e. The van der Waals surface area contributed by atoms with Crippen LogP contribution in [0.1, 0.15) is 63.3 Å². The summed E-state index contributed by atoms with van der Waals surface area (Å²) in [7, 11) is 0. The Hall–Kier alpha value is 0.01000. The maximum absolute atomic E-state index is 6.32. The zero-order chi connectivity index (χ0) is 13.8. The second-order valence-electron chi connectivity index (χ2n) is 5.15. The molecular weight excluding hydrogens is 299 g/mol. The molecule has 0 aliphatic heterocycles. The third-order valence-electron chi connectivity index (χ3n) is 3.73. The lowest BCUT2D eigenvalue weighted by Crippen LogP contribution is -2.04. The van der Waals surface area contributed by atoms with E-state index in [9.17, 15) is 0 Å². The minimum Gasteiger partial charge on any atom is -0.220 e. The van der Waals surface area contributed by atoms with Gasteiger partial charge in [0.2, 0.25) is 0 Å². The van der Waals surface area contributed by atoms with E-state index in [1.807, 2.05) is 11.8 Å². The van der Waals surface area contributed by atoms with Gasteiger partial charge in [0, 0.05) is 10.8 Å². The maximum Gasteiger partial charge on any atom is 0.141 e. The lowest BCUT2D eigenvalue weighted by Gasteiger charge is -2.14. The van der Waals surface area contributed by atoms with E-state index in [1.54, 1.807) is 0 Å². The van der Waals surface area contributed by atoms with Crippen molar-refractivity contribution in [1.29, 1.82) is 0 Å². The Balaban J connectivity index is 2.12. The molecule has 0 bridgehead atoms. The minimum absolute atomic E-state index is 0.455. The fourth-order valence-electron chi connectivity index (χ4n) is 2.41. The first kappa shape index (κ1) is 15.4. The van der Waals surface area contributed by atoms with Crippen LogP contribution in [-0.2, 0) is 5.75 Å². The van der Waals surface area contributed by atoms with Crippen LogP contribution in [0.25, 0.3) is 0 Å². The van der Waals surface area contributed by atoms with Gasteiger partial charge < -0.3 is 0 Å². The van der Waals surface area contributed by atoms with E-state index in [2.05, 4.69) is 23.8 Å². The minimum atomic E-state index is 0.455. The van der Waals surface area contributed by atoms with Crippen LogP contribution in [0.3, 0.4) is 0 Å². The van der Waals surface area contributed by atoms with E-state index in [-0.39, 0.29) is 0 Å². The summed E-state index contributed by atoms with van der Waals surface area (Å²) in [5.74, 6) is 1.98. The van der Waals surface area contributed by atoms with E-state index in [0.29, 0.717) is 21.5 Å². The Labute approximate surface area is 129 Å². The van der Waals surface area contributed by atoms with Crippen LogP contribution in [-0.4, -0.2) is 15.2 Å². The Morgan fingerprint density at radius 2 is 1.79 bits per heavy atom. The average Bonchev–Trinajstić information content (AvgIpc) is 2.88. The van der Waals surface area contributed by atoms with Gasteiger partial charge in [-0.3, -0.25) is 0 Å². The molecular formula is C14H20Cl2N2S. The summed E-state index contributed by atoms with van der Waals surface area (Å²) >= 11 is 14.5. The molecule has 106 valence electrons. The van der Waals surface area contributed by atoms with Gasteiger partial charge in [0.05, 0.1) is 5.75 Å². The van der Waals surface area contributed by atoms with E-state index in [0.717, 1.165) is 36.4 Å². The highest BCUT2D eigenvalue weighted by molar-refractivity contribution is 7.99. The van der Waals surface area contributed by atoms with Crippen molar-refractivity contribution in [3.8, 4) is 0 Å². The van der Waals surface area contributed by atoms with Gasteiger partial charge in [0.15, 0.2) is 0 Å². The molecule has 19 heavy (non-hydrogen) atoms. The molecule has 2 rings (SSSR count). The van der Waals surface area contributed by atoms with Crippen LogP contribution < -0.4 is 0 Å².